The lowest BCUT2D eigenvalue weighted by atomic mass is 9.94. The monoisotopic (exact) mass is 738 g/mol. The van der Waals surface area contributed by atoms with Gasteiger partial charge in [-0.2, -0.15) is 0 Å². The zero-order valence-electron chi connectivity index (χ0n) is 31.4. The predicted octanol–water partition coefficient (Wildman–Crippen LogP) is 6.90. The fourth-order valence-corrected chi connectivity index (χ4v) is 6.92. The third-order valence-corrected chi connectivity index (χ3v) is 9.49. The van der Waals surface area contributed by atoms with E-state index in [0.29, 0.717) is 97.9 Å². The summed E-state index contributed by atoms with van der Waals surface area (Å²) in [6.07, 6.45) is 7.69. The van der Waals surface area contributed by atoms with Crippen LogP contribution in [0.1, 0.15) is 22.3 Å². The molecule has 55 heavy (non-hydrogen) atoms. The number of likely N-dealkylation sites (tertiary alicyclic amines) is 2. The molecular formula is C46H46N2O7. The zero-order valence-corrected chi connectivity index (χ0v) is 31.4. The lowest BCUT2D eigenvalue weighted by molar-refractivity contribution is -0.114. The summed E-state index contributed by atoms with van der Waals surface area (Å²) >= 11 is 0. The Labute approximate surface area is 322 Å². The Morgan fingerprint density at radius 1 is 0.382 bits per heavy atom. The Balaban J connectivity index is 1.18. The Bertz CT molecular complexity index is 2000. The van der Waals surface area contributed by atoms with Gasteiger partial charge in [0.15, 0.2) is 11.6 Å². The molecule has 4 aromatic rings. The van der Waals surface area contributed by atoms with Gasteiger partial charge in [-0.3, -0.25) is 19.4 Å². The van der Waals surface area contributed by atoms with Gasteiger partial charge in [0.05, 0.1) is 13.2 Å². The van der Waals surface area contributed by atoms with Gasteiger partial charge in [-0.1, -0.05) is 72.8 Å². The molecule has 0 radical (unpaired) electrons. The molecule has 3 aliphatic heterocycles. The summed E-state index contributed by atoms with van der Waals surface area (Å²) in [5.41, 5.74) is 6.00. The molecular weight excluding hydrogens is 693 g/mol. The van der Waals surface area contributed by atoms with Crippen LogP contribution in [-0.4, -0.2) is 101 Å². The normalized spacial score (nSPS) is 21.9. The van der Waals surface area contributed by atoms with Crippen molar-refractivity contribution in [2.45, 2.75) is 0 Å². The fourth-order valence-electron chi connectivity index (χ4n) is 6.92. The number of rotatable bonds is 0. The average Bonchev–Trinajstić information content (AvgIpc) is 3.18. The standard InChI is InChI=1S/C46H46N2O7/c1-47-29-37-25-33-11-3-7-15-41(33)52-21-19-51-20-22-53-42-16-8-4-12-34(42)26-38-30-48(2)32-40(46(38)50)28-36-14-6-10-18-44(36)55-24-23-54-43-17-9-5-13-35(43)27-39(31-47)45(37)49/h3-18,25-28H,19-24,29-32H2,1-2H3/b37-25+,38-26+,39-27-,40-28+. The minimum atomic E-state index is -0.00408. The van der Waals surface area contributed by atoms with E-state index in [1.807, 2.05) is 135 Å². The molecule has 0 amide bonds. The minimum absolute atomic E-state index is 0.00408. The van der Waals surface area contributed by atoms with Crippen LogP contribution in [0, 0.1) is 0 Å². The quantitative estimate of drug-likeness (QED) is 0.191. The molecule has 282 valence electrons. The number of hydrogen-bond donors (Lipinski definition) is 0. The molecule has 0 atom stereocenters. The van der Waals surface area contributed by atoms with E-state index >= 15 is 0 Å². The van der Waals surface area contributed by atoms with Gasteiger partial charge in [0.2, 0.25) is 0 Å². The molecule has 3 aliphatic rings. The van der Waals surface area contributed by atoms with Crippen LogP contribution in [0.5, 0.6) is 23.0 Å². The third kappa shape index (κ3) is 9.69. The molecule has 2 fully saturated rings. The van der Waals surface area contributed by atoms with Crippen LogP contribution in [0.15, 0.2) is 119 Å². The second-order valence-electron chi connectivity index (χ2n) is 13.8. The van der Waals surface area contributed by atoms with Gasteiger partial charge in [-0.15, -0.1) is 0 Å². The molecule has 0 N–H and O–H groups in total. The maximum Gasteiger partial charge on any atom is 0.187 e. The molecule has 9 heteroatoms. The Hall–Kier alpha value is -5.74. The highest BCUT2D eigenvalue weighted by atomic mass is 16.5. The number of carbonyl (C=O) groups excluding carboxylic acids is 2. The molecule has 0 aromatic heterocycles. The van der Waals surface area contributed by atoms with Crippen LogP contribution in [0.4, 0.5) is 0 Å². The van der Waals surface area contributed by atoms with Crippen LogP contribution in [-0.2, 0) is 14.3 Å². The van der Waals surface area contributed by atoms with E-state index in [4.69, 9.17) is 23.7 Å². The summed E-state index contributed by atoms with van der Waals surface area (Å²) in [7, 11) is 4.01. The van der Waals surface area contributed by atoms with Crippen molar-refractivity contribution in [3.8, 4) is 23.0 Å². The van der Waals surface area contributed by atoms with E-state index in [-0.39, 0.29) is 24.8 Å². The Morgan fingerprint density at radius 3 is 0.927 bits per heavy atom. The van der Waals surface area contributed by atoms with E-state index in [2.05, 4.69) is 9.80 Å². The summed E-state index contributed by atoms with van der Waals surface area (Å²) in [5, 5.41) is 0. The number of fused-ring (bicyclic) bond motifs is 8. The van der Waals surface area contributed by atoms with Gasteiger partial charge < -0.3 is 23.7 Å². The summed E-state index contributed by atoms with van der Waals surface area (Å²) < 4.78 is 30.6. The number of benzene rings is 4. The number of carbonyl (C=O) groups is 2. The van der Waals surface area contributed by atoms with E-state index in [1.54, 1.807) is 0 Å². The number of Topliss-reactive ketones (excluding diaryl/α,β-unsaturated/α-hetero) is 2. The van der Waals surface area contributed by atoms with E-state index in [1.165, 1.54) is 0 Å². The molecule has 0 spiro atoms. The smallest absolute Gasteiger partial charge is 0.187 e. The zero-order chi connectivity index (χ0) is 38.0. The number of para-hydroxylation sites is 4. The van der Waals surface area contributed by atoms with Crippen molar-refractivity contribution in [2.75, 3.05) is 79.9 Å². The topological polar surface area (TPSA) is 86.8 Å². The first-order chi connectivity index (χ1) is 26.9. The van der Waals surface area contributed by atoms with Crippen LogP contribution < -0.4 is 18.9 Å². The maximum atomic E-state index is 13.9. The number of ether oxygens (including phenoxy) is 5. The molecule has 0 unspecified atom stereocenters. The number of ketones is 2. The fraction of sp³-hybridized carbons (Fsp3) is 0.261. The molecule has 0 saturated carbocycles. The van der Waals surface area contributed by atoms with Gasteiger partial charge in [0.1, 0.15) is 49.4 Å². The van der Waals surface area contributed by atoms with Crippen LogP contribution >= 0.6 is 0 Å². The van der Waals surface area contributed by atoms with Gasteiger partial charge in [-0.25, -0.2) is 0 Å². The Kier molecular flexibility index (Phi) is 12.3. The number of nitrogens with zero attached hydrogens (tertiary/aromatic N) is 2. The first-order valence-corrected chi connectivity index (χ1v) is 18.6. The van der Waals surface area contributed by atoms with Crippen LogP contribution in [0.25, 0.3) is 24.3 Å². The Morgan fingerprint density at radius 2 is 0.636 bits per heavy atom. The van der Waals surface area contributed by atoms with Gasteiger partial charge >= 0.3 is 0 Å². The highest BCUT2D eigenvalue weighted by Gasteiger charge is 2.26. The van der Waals surface area contributed by atoms with Crippen LogP contribution in [0.3, 0.4) is 0 Å². The second kappa shape index (κ2) is 18.1. The van der Waals surface area contributed by atoms with E-state index in [0.717, 1.165) is 22.3 Å². The summed E-state index contributed by atoms with van der Waals surface area (Å²) in [5.74, 6) is 2.67. The van der Waals surface area contributed by atoms with Crippen LogP contribution in [0.2, 0.25) is 0 Å². The largest absolute Gasteiger partial charge is 0.491 e. The summed E-state index contributed by atoms with van der Waals surface area (Å²) in [4.78, 5) is 32.0. The lowest BCUT2D eigenvalue weighted by Gasteiger charge is -2.26. The molecule has 9 nitrogen and oxygen atoms in total. The van der Waals surface area contributed by atoms with E-state index < -0.39 is 0 Å². The average molecular weight is 739 g/mol. The van der Waals surface area contributed by atoms with Crippen molar-refractivity contribution in [2.24, 2.45) is 0 Å². The maximum absolute atomic E-state index is 13.9. The highest BCUT2D eigenvalue weighted by molar-refractivity contribution is 6.15. The second-order valence-corrected chi connectivity index (χ2v) is 13.8. The van der Waals surface area contributed by atoms with Crippen molar-refractivity contribution in [1.29, 1.82) is 0 Å². The molecule has 3 heterocycles. The minimum Gasteiger partial charge on any atom is -0.491 e. The van der Waals surface area contributed by atoms with Crippen molar-refractivity contribution in [3.63, 3.8) is 0 Å². The van der Waals surface area contributed by atoms with Crippen molar-refractivity contribution < 1.29 is 33.3 Å². The molecule has 4 bridgehead atoms. The first-order valence-electron chi connectivity index (χ1n) is 18.6. The first kappa shape index (κ1) is 37.6. The van der Waals surface area contributed by atoms with Crippen molar-refractivity contribution >= 4 is 35.9 Å². The molecule has 7 rings (SSSR count). The molecule has 4 aromatic carbocycles. The lowest BCUT2D eigenvalue weighted by Crippen LogP contribution is -2.34. The predicted molar refractivity (Wildman–Crippen MR) is 215 cm³/mol. The van der Waals surface area contributed by atoms with Crippen molar-refractivity contribution in [1.82, 2.24) is 9.80 Å². The summed E-state index contributed by atoms with van der Waals surface area (Å²) in [6, 6.07) is 30.8. The SMILES string of the molecule is CN1C/C2=C/c3ccccc3OCCOc3ccccc3/C=C3\CN(C)C/C(=C\c4ccccc4OCCOCCOc4ccccc4/C=C(\C1)C2=O)C3=O. The number of likely N-dealkylation sites (N-methyl/N-ethyl adjacent to an activating group) is 2. The van der Waals surface area contributed by atoms with Gasteiger partial charge in [-0.05, 0) is 62.7 Å². The number of piperidine rings is 2. The highest BCUT2D eigenvalue weighted by Crippen LogP contribution is 2.30. The third-order valence-electron chi connectivity index (χ3n) is 9.49. The van der Waals surface area contributed by atoms with Gasteiger partial charge in [0.25, 0.3) is 0 Å². The molecule has 2 saturated heterocycles. The van der Waals surface area contributed by atoms with Gasteiger partial charge in [0, 0.05) is 70.7 Å². The molecule has 0 aliphatic carbocycles. The number of hydrogen-bond acceptors (Lipinski definition) is 9. The van der Waals surface area contributed by atoms with Crippen molar-refractivity contribution in [3.05, 3.63) is 142 Å². The van der Waals surface area contributed by atoms with E-state index in [9.17, 15) is 9.59 Å². The summed E-state index contributed by atoms with van der Waals surface area (Å²) in [6.45, 7) is 4.02.